The number of rotatable bonds is 6. The quantitative estimate of drug-likeness (QED) is 0.465. The first-order chi connectivity index (χ1) is 16.0. The van der Waals surface area contributed by atoms with Crippen molar-refractivity contribution in [2.24, 2.45) is 0 Å². The first-order valence-electron chi connectivity index (χ1n) is 9.88. The fraction of sp³-hybridized carbons (Fsp3) is 0.0417. The molecule has 8 nitrogen and oxygen atoms in total. The lowest BCUT2D eigenvalue weighted by Crippen LogP contribution is -2.18. The number of hydrogen-bond donors (Lipinski definition) is 2. The zero-order valence-corrected chi connectivity index (χ0v) is 17.4. The van der Waals surface area contributed by atoms with Crippen molar-refractivity contribution in [3.8, 4) is 22.8 Å². The highest BCUT2D eigenvalue weighted by Gasteiger charge is 2.13. The number of carbonyl (C=O) groups is 2. The van der Waals surface area contributed by atoms with Gasteiger partial charge in [0.2, 0.25) is 0 Å². The van der Waals surface area contributed by atoms with Crippen LogP contribution in [0.4, 0.5) is 10.1 Å². The van der Waals surface area contributed by atoms with E-state index >= 15 is 0 Å². The second kappa shape index (κ2) is 9.65. The van der Waals surface area contributed by atoms with Crippen LogP contribution in [0, 0.1) is 5.82 Å². The van der Waals surface area contributed by atoms with E-state index in [4.69, 9.17) is 4.74 Å². The van der Waals surface area contributed by atoms with E-state index in [9.17, 15) is 14.0 Å². The van der Waals surface area contributed by atoms with Crippen LogP contribution in [0.3, 0.4) is 0 Å². The summed E-state index contributed by atoms with van der Waals surface area (Å²) in [5, 5.41) is 5.07. The Hall–Kier alpha value is -4.66. The topological polar surface area (TPSA) is 106 Å². The smallest absolute Gasteiger partial charge is 0.274 e. The van der Waals surface area contributed by atoms with Gasteiger partial charge in [-0.1, -0.05) is 30.3 Å². The molecule has 0 aliphatic rings. The van der Waals surface area contributed by atoms with E-state index in [1.54, 1.807) is 6.07 Å². The molecule has 2 aromatic heterocycles. The average molecular weight is 443 g/mol. The predicted octanol–water partition coefficient (Wildman–Crippen LogP) is 4.08. The highest BCUT2D eigenvalue weighted by Crippen LogP contribution is 2.27. The molecule has 0 atom stereocenters. The molecule has 0 radical (unpaired) electrons. The highest BCUT2D eigenvalue weighted by molar-refractivity contribution is 6.03. The molecule has 33 heavy (non-hydrogen) atoms. The van der Waals surface area contributed by atoms with E-state index < -0.39 is 11.7 Å². The van der Waals surface area contributed by atoms with Crippen molar-refractivity contribution in [2.45, 2.75) is 0 Å². The molecular formula is C24H18FN5O3. The van der Waals surface area contributed by atoms with Crippen LogP contribution in [-0.4, -0.2) is 33.8 Å². The summed E-state index contributed by atoms with van der Waals surface area (Å²) in [4.78, 5) is 36.4. The third-order valence-corrected chi connectivity index (χ3v) is 4.58. The molecule has 0 aliphatic heterocycles. The van der Waals surface area contributed by atoms with Gasteiger partial charge in [0, 0.05) is 36.6 Å². The fourth-order valence-corrected chi connectivity index (χ4v) is 2.96. The molecule has 0 saturated carbocycles. The minimum Gasteiger partial charge on any atom is -0.454 e. The van der Waals surface area contributed by atoms with E-state index in [1.165, 1.54) is 43.8 Å². The largest absolute Gasteiger partial charge is 0.454 e. The Balaban J connectivity index is 1.48. The fourth-order valence-electron chi connectivity index (χ4n) is 2.96. The van der Waals surface area contributed by atoms with E-state index in [-0.39, 0.29) is 34.5 Å². The van der Waals surface area contributed by atoms with Gasteiger partial charge in [0.25, 0.3) is 11.8 Å². The maximum atomic E-state index is 14.6. The lowest BCUT2D eigenvalue weighted by Gasteiger charge is -2.10. The molecule has 2 amide bonds. The first kappa shape index (κ1) is 21.6. The molecule has 164 valence electrons. The van der Waals surface area contributed by atoms with Gasteiger partial charge in [0.1, 0.15) is 23.5 Å². The molecule has 0 saturated heterocycles. The van der Waals surface area contributed by atoms with Crippen molar-refractivity contribution < 1.29 is 18.7 Å². The van der Waals surface area contributed by atoms with Crippen molar-refractivity contribution in [3.05, 3.63) is 96.5 Å². The van der Waals surface area contributed by atoms with Gasteiger partial charge in [-0.05, 0) is 24.3 Å². The van der Waals surface area contributed by atoms with Crippen molar-refractivity contribution in [1.29, 1.82) is 0 Å². The summed E-state index contributed by atoms with van der Waals surface area (Å²) >= 11 is 0. The summed E-state index contributed by atoms with van der Waals surface area (Å²) in [5.41, 5.74) is 1.95. The van der Waals surface area contributed by atoms with Crippen LogP contribution in [0.25, 0.3) is 11.3 Å². The Morgan fingerprint density at radius 1 is 0.879 bits per heavy atom. The molecule has 4 rings (SSSR count). The minimum absolute atomic E-state index is 0.0737. The van der Waals surface area contributed by atoms with Gasteiger partial charge in [0.15, 0.2) is 11.6 Å². The van der Waals surface area contributed by atoms with Crippen molar-refractivity contribution in [2.75, 3.05) is 12.4 Å². The number of halogens is 1. The lowest BCUT2D eigenvalue weighted by molar-refractivity contribution is 0.0957. The van der Waals surface area contributed by atoms with Crippen LogP contribution in [-0.2, 0) is 0 Å². The van der Waals surface area contributed by atoms with Crippen LogP contribution in [0.1, 0.15) is 21.0 Å². The number of hydrogen-bond acceptors (Lipinski definition) is 6. The second-order valence-electron chi connectivity index (χ2n) is 6.81. The van der Waals surface area contributed by atoms with Gasteiger partial charge in [-0.15, -0.1) is 0 Å². The number of carbonyl (C=O) groups excluding carboxylic acids is 2. The molecular weight excluding hydrogens is 425 g/mol. The molecule has 4 aromatic rings. The summed E-state index contributed by atoms with van der Waals surface area (Å²) in [5.74, 6) is -1.42. The number of anilines is 1. The Bertz CT molecular complexity index is 1310. The first-order valence-corrected chi connectivity index (χ1v) is 9.88. The molecule has 2 N–H and O–H groups in total. The normalized spacial score (nSPS) is 10.4. The number of ether oxygens (including phenoxy) is 1. The number of pyridine rings is 1. The Morgan fingerprint density at radius 3 is 2.42 bits per heavy atom. The molecule has 0 unspecified atom stereocenters. The third kappa shape index (κ3) is 5.16. The molecule has 0 aliphatic carbocycles. The summed E-state index contributed by atoms with van der Waals surface area (Å²) in [6.45, 7) is 0. The lowest BCUT2D eigenvalue weighted by atomic mass is 10.1. The van der Waals surface area contributed by atoms with E-state index in [0.29, 0.717) is 5.69 Å². The predicted molar refractivity (Wildman–Crippen MR) is 120 cm³/mol. The molecule has 0 spiro atoms. The number of amides is 2. The van der Waals surface area contributed by atoms with Gasteiger partial charge in [-0.2, -0.15) is 0 Å². The van der Waals surface area contributed by atoms with Crippen LogP contribution in [0.15, 0.2) is 79.3 Å². The molecule has 0 bridgehead atoms. The van der Waals surface area contributed by atoms with E-state index in [1.807, 2.05) is 30.3 Å². The zero-order chi connectivity index (χ0) is 23.2. The van der Waals surface area contributed by atoms with Gasteiger partial charge in [-0.25, -0.2) is 14.4 Å². The zero-order valence-electron chi connectivity index (χ0n) is 17.4. The molecule has 0 fully saturated rings. The third-order valence-electron chi connectivity index (χ3n) is 4.58. The highest BCUT2D eigenvalue weighted by atomic mass is 19.1. The Labute approximate surface area is 188 Å². The number of aromatic nitrogens is 3. The Morgan fingerprint density at radius 2 is 1.67 bits per heavy atom. The Kier molecular flexibility index (Phi) is 6.31. The van der Waals surface area contributed by atoms with Crippen LogP contribution < -0.4 is 15.4 Å². The van der Waals surface area contributed by atoms with Gasteiger partial charge in [0.05, 0.1) is 5.69 Å². The summed E-state index contributed by atoms with van der Waals surface area (Å²) < 4.78 is 20.1. The van der Waals surface area contributed by atoms with Crippen molar-refractivity contribution >= 4 is 17.5 Å². The van der Waals surface area contributed by atoms with Gasteiger partial charge < -0.3 is 15.4 Å². The molecule has 2 aromatic carbocycles. The summed E-state index contributed by atoms with van der Waals surface area (Å²) in [7, 11) is 1.48. The van der Waals surface area contributed by atoms with Gasteiger partial charge >= 0.3 is 0 Å². The standard InChI is InChI=1S/C24H18FN5O3/c1-26-23(31)20-12-17(9-10-27-20)33-22-8-7-16(11-18(22)25)30-24(32)21-13-19(28-14-29-21)15-5-3-2-4-6-15/h2-14H,1H3,(H,26,31)(H,30,32). The minimum atomic E-state index is -0.696. The monoisotopic (exact) mass is 443 g/mol. The van der Waals surface area contributed by atoms with Gasteiger partial charge in [-0.3, -0.25) is 14.6 Å². The number of nitrogens with zero attached hydrogens (tertiary/aromatic N) is 3. The maximum absolute atomic E-state index is 14.6. The summed E-state index contributed by atoms with van der Waals surface area (Å²) in [6.07, 6.45) is 2.69. The maximum Gasteiger partial charge on any atom is 0.274 e. The number of benzene rings is 2. The van der Waals surface area contributed by atoms with E-state index in [2.05, 4.69) is 25.6 Å². The van der Waals surface area contributed by atoms with Crippen molar-refractivity contribution in [3.63, 3.8) is 0 Å². The molecule has 9 heteroatoms. The second-order valence-corrected chi connectivity index (χ2v) is 6.81. The summed E-state index contributed by atoms with van der Waals surface area (Å²) in [6, 6.07) is 17.8. The van der Waals surface area contributed by atoms with E-state index in [0.717, 1.165) is 11.6 Å². The van der Waals surface area contributed by atoms with Crippen LogP contribution >= 0.6 is 0 Å². The van der Waals surface area contributed by atoms with Crippen LogP contribution in [0.5, 0.6) is 11.5 Å². The SMILES string of the molecule is CNC(=O)c1cc(Oc2ccc(NC(=O)c3cc(-c4ccccc4)ncn3)cc2F)ccn1. The number of nitrogens with one attached hydrogen (secondary N) is 2. The van der Waals surface area contributed by atoms with Crippen molar-refractivity contribution in [1.82, 2.24) is 20.3 Å². The average Bonchev–Trinajstić information content (AvgIpc) is 2.86. The van der Waals surface area contributed by atoms with Crippen LogP contribution in [0.2, 0.25) is 0 Å². The molecule has 2 heterocycles.